The lowest BCUT2D eigenvalue weighted by molar-refractivity contribution is -0.254. The van der Waals surface area contributed by atoms with Crippen LogP contribution in [0.25, 0.3) is 0 Å². The van der Waals surface area contributed by atoms with Crippen LogP contribution in [0.15, 0.2) is 60.7 Å². The second-order valence-corrected chi connectivity index (χ2v) is 4.34. The summed E-state index contributed by atoms with van der Waals surface area (Å²) in [6.07, 6.45) is 0. The first-order valence-electron chi connectivity index (χ1n) is 5.08. The lowest BCUT2D eigenvalue weighted by Crippen LogP contribution is -2.39. The van der Waals surface area contributed by atoms with Crippen LogP contribution in [0.3, 0.4) is 0 Å². The van der Waals surface area contributed by atoms with Crippen LogP contribution >= 0.6 is 12.2 Å². The Bertz CT molecular complexity index is 443. The number of quaternary nitrogens is 1. The fraction of sp³-hybridized carbons (Fsp3) is 0. The standard InChI is InChI=1S/C7H7NS2.C6H7N/c9-7(10)8-6-4-2-1-3-5-6;7-6-4-2-1-3-5-6/h1-5H,(H2,8,9,10);1-5H,7H2. The van der Waals surface area contributed by atoms with E-state index in [0.717, 1.165) is 11.4 Å². The highest BCUT2D eigenvalue weighted by Gasteiger charge is 1.82. The molecule has 4 N–H and O–H groups in total. The molecule has 0 spiro atoms. The Balaban J connectivity index is 0.000000181. The maximum Gasteiger partial charge on any atom is 0.127 e. The largest absolute Gasteiger partial charge is 0.411 e. The molecule has 88 valence electrons. The maximum absolute atomic E-state index is 4.68. The number of nitrogens with one attached hydrogen (secondary N) is 1. The van der Waals surface area contributed by atoms with Gasteiger partial charge in [-0.05, 0) is 24.3 Å². The Kier molecular flexibility index (Phi) is 6.17. The first-order valence-corrected chi connectivity index (χ1v) is 5.90. The van der Waals surface area contributed by atoms with Gasteiger partial charge in [0.1, 0.15) is 5.69 Å². The lowest BCUT2D eigenvalue weighted by Gasteiger charge is -2.07. The van der Waals surface area contributed by atoms with Crippen LogP contribution in [0.4, 0.5) is 11.4 Å². The second kappa shape index (κ2) is 7.73. The summed E-state index contributed by atoms with van der Waals surface area (Å²) in [4.78, 5) is 0. The van der Waals surface area contributed by atoms with Gasteiger partial charge in [0.25, 0.3) is 0 Å². The van der Waals surface area contributed by atoms with Crippen molar-refractivity contribution in [1.29, 1.82) is 0 Å². The Morgan fingerprint density at radius 2 is 1.41 bits per heavy atom. The molecule has 0 saturated carbocycles. The van der Waals surface area contributed by atoms with Crippen LogP contribution in [-0.4, -0.2) is 4.32 Å². The van der Waals surface area contributed by atoms with E-state index in [0.29, 0.717) is 4.32 Å². The van der Waals surface area contributed by atoms with Gasteiger partial charge in [0.2, 0.25) is 0 Å². The van der Waals surface area contributed by atoms with Gasteiger partial charge in [-0.25, -0.2) is 0 Å². The van der Waals surface area contributed by atoms with Crippen molar-refractivity contribution in [2.45, 2.75) is 0 Å². The van der Waals surface area contributed by atoms with E-state index >= 15 is 0 Å². The zero-order chi connectivity index (χ0) is 12.5. The zero-order valence-corrected chi connectivity index (χ0v) is 10.9. The summed E-state index contributed by atoms with van der Waals surface area (Å²) in [6, 6.07) is 19.5. The Morgan fingerprint density at radius 3 is 1.76 bits per heavy atom. The third-order valence-corrected chi connectivity index (χ3v) is 2.07. The van der Waals surface area contributed by atoms with Crippen molar-refractivity contribution in [1.82, 2.24) is 0 Å². The van der Waals surface area contributed by atoms with Gasteiger partial charge >= 0.3 is 0 Å². The monoisotopic (exact) mass is 262 g/mol. The maximum atomic E-state index is 4.68. The third-order valence-electron chi connectivity index (χ3n) is 1.86. The van der Waals surface area contributed by atoms with Crippen molar-refractivity contribution in [3.8, 4) is 0 Å². The molecule has 0 amide bonds. The molecule has 0 heterocycles. The van der Waals surface area contributed by atoms with Gasteiger partial charge < -0.3 is 35.9 Å². The Labute approximate surface area is 112 Å². The van der Waals surface area contributed by atoms with Crippen molar-refractivity contribution in [3.05, 3.63) is 60.7 Å². The molecule has 0 atom stereocenters. The average molecular weight is 262 g/mol. The molecule has 0 aliphatic rings. The van der Waals surface area contributed by atoms with Crippen molar-refractivity contribution >= 4 is 40.5 Å². The summed E-state index contributed by atoms with van der Waals surface area (Å²) in [6.45, 7) is 0. The minimum absolute atomic E-state index is 0.381. The number of benzene rings is 2. The summed E-state index contributed by atoms with van der Waals surface area (Å²) in [7, 11) is 0. The molecule has 0 aliphatic carbocycles. The summed E-state index contributed by atoms with van der Waals surface area (Å²) < 4.78 is 0.381. The Hall–Kier alpha value is -1.49. The number of hydrogen-bond acceptors (Lipinski definition) is 2. The number of thiocarbonyl (C=S) groups is 1. The normalized spacial score (nSPS) is 8.76. The number of hydrogen-bond donors (Lipinski definition) is 2. The van der Waals surface area contributed by atoms with E-state index in [-0.39, 0.29) is 0 Å². The molecule has 17 heavy (non-hydrogen) atoms. The molecule has 0 radical (unpaired) electrons. The van der Waals surface area contributed by atoms with E-state index in [1.807, 2.05) is 60.7 Å². The molecular formula is C13H14N2S2. The highest BCUT2D eigenvalue weighted by molar-refractivity contribution is 8.00. The number of anilines is 1. The van der Waals surface area contributed by atoms with E-state index in [9.17, 15) is 0 Å². The first-order chi connectivity index (χ1) is 8.18. The molecule has 2 aromatic rings. The highest BCUT2D eigenvalue weighted by atomic mass is 32.1. The molecule has 4 heteroatoms. The van der Waals surface area contributed by atoms with E-state index in [2.05, 4.69) is 35.9 Å². The second-order valence-electron chi connectivity index (χ2n) is 3.26. The lowest BCUT2D eigenvalue weighted by atomic mass is 10.3. The zero-order valence-electron chi connectivity index (χ0n) is 9.30. The SMILES string of the molecule is S=C([S-])Nc1ccccc1.[NH3+]c1ccccc1. The topological polar surface area (TPSA) is 39.7 Å². The Morgan fingerprint density at radius 1 is 0.941 bits per heavy atom. The van der Waals surface area contributed by atoms with Crippen LogP contribution < -0.4 is 11.1 Å². The van der Waals surface area contributed by atoms with Crippen LogP contribution in [-0.2, 0) is 12.6 Å². The summed E-state index contributed by atoms with van der Waals surface area (Å²) in [5.41, 5.74) is 5.74. The van der Waals surface area contributed by atoms with Gasteiger partial charge in [-0.3, -0.25) is 0 Å². The number of para-hydroxylation sites is 1. The molecule has 2 aromatic carbocycles. The molecule has 0 aliphatic heterocycles. The fourth-order valence-electron chi connectivity index (χ4n) is 1.12. The summed E-state index contributed by atoms with van der Waals surface area (Å²) in [5.74, 6) is 0. The smallest absolute Gasteiger partial charge is 0.127 e. The van der Waals surface area contributed by atoms with E-state index in [1.165, 1.54) is 0 Å². The van der Waals surface area contributed by atoms with Gasteiger partial charge in [-0.2, -0.15) is 0 Å². The molecule has 0 aromatic heterocycles. The molecule has 2 nitrogen and oxygen atoms in total. The van der Waals surface area contributed by atoms with Gasteiger partial charge in [-0.1, -0.05) is 40.7 Å². The first kappa shape index (κ1) is 13.6. The van der Waals surface area contributed by atoms with Gasteiger partial charge in [0.15, 0.2) is 0 Å². The van der Waals surface area contributed by atoms with Crippen LogP contribution in [0.2, 0.25) is 0 Å². The quantitative estimate of drug-likeness (QED) is 0.613. The average Bonchev–Trinajstić information content (AvgIpc) is 2.31. The van der Waals surface area contributed by atoms with Crippen molar-refractivity contribution in [2.75, 3.05) is 5.32 Å². The molecule has 0 fully saturated rings. The van der Waals surface area contributed by atoms with E-state index < -0.39 is 0 Å². The third kappa shape index (κ3) is 6.63. The van der Waals surface area contributed by atoms with Gasteiger partial charge in [0, 0.05) is 5.69 Å². The van der Waals surface area contributed by atoms with Crippen LogP contribution in [0.5, 0.6) is 0 Å². The van der Waals surface area contributed by atoms with Crippen molar-refractivity contribution in [3.63, 3.8) is 0 Å². The van der Waals surface area contributed by atoms with Gasteiger partial charge in [0.05, 0.1) is 0 Å². The number of rotatable bonds is 1. The minimum atomic E-state index is 0.381. The van der Waals surface area contributed by atoms with E-state index in [1.54, 1.807) is 0 Å². The van der Waals surface area contributed by atoms with Crippen molar-refractivity contribution < 1.29 is 5.73 Å². The van der Waals surface area contributed by atoms with E-state index in [4.69, 9.17) is 0 Å². The van der Waals surface area contributed by atoms with Crippen molar-refractivity contribution in [2.24, 2.45) is 0 Å². The summed E-state index contributed by atoms with van der Waals surface area (Å²) >= 11 is 9.36. The molecular weight excluding hydrogens is 248 g/mol. The van der Waals surface area contributed by atoms with Gasteiger partial charge in [-0.15, -0.1) is 0 Å². The molecule has 0 bridgehead atoms. The molecule has 0 unspecified atom stereocenters. The predicted octanol–water partition coefficient (Wildman–Crippen LogP) is 2.49. The summed E-state index contributed by atoms with van der Waals surface area (Å²) in [5, 5.41) is 2.85. The van der Waals surface area contributed by atoms with Crippen LogP contribution in [0, 0.1) is 0 Å². The molecule has 2 rings (SSSR count). The minimum Gasteiger partial charge on any atom is -0.411 e. The predicted molar refractivity (Wildman–Crippen MR) is 79.0 cm³/mol. The van der Waals surface area contributed by atoms with Crippen LogP contribution in [0.1, 0.15) is 0 Å². The fourth-order valence-corrected chi connectivity index (χ4v) is 1.35. The highest BCUT2D eigenvalue weighted by Crippen LogP contribution is 2.03. The molecule has 0 saturated heterocycles.